The molecule has 0 aromatic heterocycles. The first-order chi connectivity index (χ1) is 11.0. The highest BCUT2D eigenvalue weighted by Gasteiger charge is 2.15. The number of unbranched alkanes of at least 4 members (excludes halogenated alkanes) is 1. The van der Waals surface area contributed by atoms with Crippen molar-refractivity contribution in [2.45, 2.75) is 45.3 Å². The lowest BCUT2D eigenvalue weighted by atomic mass is 10.1. The molecule has 23 heavy (non-hydrogen) atoms. The van der Waals surface area contributed by atoms with Crippen molar-refractivity contribution in [2.75, 3.05) is 16.4 Å². The minimum Gasteiger partial charge on any atom is -0.324 e. The quantitative estimate of drug-likeness (QED) is 0.659. The van der Waals surface area contributed by atoms with E-state index in [1.807, 2.05) is 39.0 Å². The molecule has 0 aliphatic heterocycles. The van der Waals surface area contributed by atoms with Gasteiger partial charge < -0.3 is 10.6 Å². The fraction of sp³-hybridized carbons (Fsp3) is 0.444. The summed E-state index contributed by atoms with van der Waals surface area (Å²) in [6, 6.07) is 5.62. The topological polar surface area (TPSA) is 58.2 Å². The SMILES string of the molecule is C=CCS[C@@H](C)C(=O)Nc1cc(C)ccc1NC(=O)CCCC. The van der Waals surface area contributed by atoms with Gasteiger partial charge in [0.2, 0.25) is 11.8 Å². The predicted molar refractivity (Wildman–Crippen MR) is 100 cm³/mol. The van der Waals surface area contributed by atoms with Gasteiger partial charge in [-0.2, -0.15) is 0 Å². The molecule has 1 aromatic carbocycles. The Labute approximate surface area is 143 Å². The zero-order chi connectivity index (χ0) is 17.2. The van der Waals surface area contributed by atoms with Crippen LogP contribution in [0.4, 0.5) is 11.4 Å². The monoisotopic (exact) mass is 334 g/mol. The maximum atomic E-state index is 12.3. The van der Waals surface area contributed by atoms with Crippen molar-refractivity contribution < 1.29 is 9.59 Å². The Hall–Kier alpha value is -1.75. The van der Waals surface area contributed by atoms with Crippen molar-refractivity contribution in [3.05, 3.63) is 36.4 Å². The summed E-state index contributed by atoms with van der Waals surface area (Å²) in [5.41, 5.74) is 2.31. The predicted octanol–water partition coefficient (Wildman–Crippen LogP) is 4.37. The molecule has 1 atom stereocenters. The number of carbonyl (C=O) groups is 2. The van der Waals surface area contributed by atoms with E-state index in [1.54, 1.807) is 6.08 Å². The molecule has 0 saturated heterocycles. The van der Waals surface area contributed by atoms with E-state index in [0.29, 0.717) is 17.8 Å². The molecule has 0 unspecified atom stereocenters. The number of hydrogen-bond acceptors (Lipinski definition) is 3. The van der Waals surface area contributed by atoms with Crippen molar-refractivity contribution >= 4 is 35.0 Å². The molecule has 1 rings (SSSR count). The van der Waals surface area contributed by atoms with Crippen LogP contribution in [0.3, 0.4) is 0 Å². The second-order valence-corrected chi connectivity index (χ2v) is 6.83. The molecule has 0 spiro atoms. The number of benzene rings is 1. The maximum Gasteiger partial charge on any atom is 0.237 e. The Balaban J connectivity index is 2.80. The third-order valence-corrected chi connectivity index (χ3v) is 4.44. The van der Waals surface area contributed by atoms with E-state index in [2.05, 4.69) is 17.2 Å². The molecular weight excluding hydrogens is 308 g/mol. The second kappa shape index (κ2) is 10.1. The van der Waals surface area contributed by atoms with E-state index in [4.69, 9.17) is 0 Å². The highest BCUT2D eigenvalue weighted by molar-refractivity contribution is 8.00. The van der Waals surface area contributed by atoms with E-state index in [-0.39, 0.29) is 17.1 Å². The van der Waals surface area contributed by atoms with Crippen LogP contribution in [0.25, 0.3) is 0 Å². The van der Waals surface area contributed by atoms with E-state index in [9.17, 15) is 9.59 Å². The number of aryl methyl sites for hydroxylation is 1. The summed E-state index contributed by atoms with van der Waals surface area (Å²) in [6.45, 7) is 9.52. The second-order valence-electron chi connectivity index (χ2n) is 5.45. The smallest absolute Gasteiger partial charge is 0.237 e. The van der Waals surface area contributed by atoms with Crippen LogP contribution in [0, 0.1) is 6.92 Å². The van der Waals surface area contributed by atoms with E-state index >= 15 is 0 Å². The van der Waals surface area contributed by atoms with E-state index < -0.39 is 0 Å². The van der Waals surface area contributed by atoms with Gasteiger partial charge in [-0.05, 0) is 38.0 Å². The summed E-state index contributed by atoms with van der Waals surface area (Å²) < 4.78 is 0. The third-order valence-electron chi connectivity index (χ3n) is 3.30. The molecule has 0 heterocycles. The van der Waals surface area contributed by atoms with Crippen molar-refractivity contribution in [1.29, 1.82) is 0 Å². The van der Waals surface area contributed by atoms with Crippen molar-refractivity contribution in [3.63, 3.8) is 0 Å². The fourth-order valence-electron chi connectivity index (χ4n) is 1.94. The Kier molecular flexibility index (Phi) is 8.48. The molecule has 126 valence electrons. The fourth-order valence-corrected chi connectivity index (χ4v) is 2.58. The Morgan fingerprint density at radius 2 is 2.04 bits per heavy atom. The molecule has 0 aliphatic carbocycles. The standard InChI is InChI=1S/C18H26N2O2S/c1-5-7-8-17(21)19-15-10-9-13(3)12-16(15)20-18(22)14(4)23-11-6-2/h6,9-10,12,14H,2,5,7-8,11H2,1,3-4H3,(H,19,21)(H,20,22)/t14-/m0/s1. The molecule has 0 fully saturated rings. The first-order valence-electron chi connectivity index (χ1n) is 7.91. The van der Waals surface area contributed by atoms with Crippen LogP contribution < -0.4 is 10.6 Å². The Bertz CT molecular complexity index is 558. The lowest BCUT2D eigenvalue weighted by molar-refractivity contribution is -0.116. The summed E-state index contributed by atoms with van der Waals surface area (Å²) in [5, 5.41) is 5.61. The van der Waals surface area contributed by atoms with Crippen LogP contribution in [0.15, 0.2) is 30.9 Å². The number of rotatable bonds is 9. The molecule has 1 aromatic rings. The zero-order valence-corrected chi connectivity index (χ0v) is 15.0. The maximum absolute atomic E-state index is 12.3. The summed E-state index contributed by atoms with van der Waals surface area (Å²) in [4.78, 5) is 24.2. The Morgan fingerprint density at radius 3 is 2.70 bits per heavy atom. The third kappa shape index (κ3) is 6.91. The van der Waals surface area contributed by atoms with Gasteiger partial charge in [0, 0.05) is 12.2 Å². The van der Waals surface area contributed by atoms with Gasteiger partial charge in [0.05, 0.1) is 16.6 Å². The van der Waals surface area contributed by atoms with Gasteiger partial charge in [0.15, 0.2) is 0 Å². The average molecular weight is 334 g/mol. The summed E-state index contributed by atoms with van der Waals surface area (Å²) >= 11 is 1.52. The highest BCUT2D eigenvalue weighted by atomic mass is 32.2. The first-order valence-corrected chi connectivity index (χ1v) is 8.96. The molecule has 0 aliphatic rings. The van der Waals surface area contributed by atoms with Crippen molar-refractivity contribution in [1.82, 2.24) is 0 Å². The van der Waals surface area contributed by atoms with Gasteiger partial charge >= 0.3 is 0 Å². The molecule has 2 amide bonds. The Morgan fingerprint density at radius 1 is 1.30 bits per heavy atom. The highest BCUT2D eigenvalue weighted by Crippen LogP contribution is 2.25. The largest absolute Gasteiger partial charge is 0.324 e. The van der Waals surface area contributed by atoms with Gasteiger partial charge in [-0.1, -0.05) is 25.5 Å². The van der Waals surface area contributed by atoms with E-state index in [1.165, 1.54) is 11.8 Å². The zero-order valence-electron chi connectivity index (χ0n) is 14.1. The normalized spacial score (nSPS) is 11.6. The van der Waals surface area contributed by atoms with Crippen LogP contribution in [0.5, 0.6) is 0 Å². The number of anilines is 2. The van der Waals surface area contributed by atoms with Gasteiger partial charge in [0.1, 0.15) is 0 Å². The van der Waals surface area contributed by atoms with Crippen LogP contribution in [-0.4, -0.2) is 22.8 Å². The molecular formula is C18H26N2O2S. The van der Waals surface area contributed by atoms with Crippen LogP contribution in [-0.2, 0) is 9.59 Å². The molecule has 0 radical (unpaired) electrons. The molecule has 0 saturated carbocycles. The van der Waals surface area contributed by atoms with Gasteiger partial charge in [0.25, 0.3) is 0 Å². The lowest BCUT2D eigenvalue weighted by Crippen LogP contribution is -2.24. The number of thioether (sulfide) groups is 1. The molecule has 2 N–H and O–H groups in total. The first kappa shape index (κ1) is 19.3. The van der Waals surface area contributed by atoms with Gasteiger partial charge in [-0.25, -0.2) is 0 Å². The minimum atomic E-state index is -0.183. The van der Waals surface area contributed by atoms with Crippen LogP contribution >= 0.6 is 11.8 Å². The number of carbonyl (C=O) groups excluding carboxylic acids is 2. The molecule has 5 heteroatoms. The number of amides is 2. The summed E-state index contributed by atoms with van der Waals surface area (Å²) in [7, 11) is 0. The lowest BCUT2D eigenvalue weighted by Gasteiger charge is -2.15. The molecule has 0 bridgehead atoms. The minimum absolute atomic E-state index is 0.0275. The van der Waals surface area contributed by atoms with Gasteiger partial charge in [-0.15, -0.1) is 18.3 Å². The summed E-state index contributed by atoms with van der Waals surface area (Å²) in [5.74, 6) is 0.620. The van der Waals surface area contributed by atoms with E-state index in [0.717, 1.165) is 24.2 Å². The number of hydrogen-bond donors (Lipinski definition) is 2. The van der Waals surface area contributed by atoms with Gasteiger partial charge in [-0.3, -0.25) is 9.59 Å². The van der Waals surface area contributed by atoms with Crippen molar-refractivity contribution in [2.24, 2.45) is 0 Å². The van der Waals surface area contributed by atoms with Crippen LogP contribution in [0.1, 0.15) is 38.7 Å². The summed E-state index contributed by atoms with van der Waals surface area (Å²) in [6.07, 6.45) is 4.10. The molecule has 4 nitrogen and oxygen atoms in total. The van der Waals surface area contributed by atoms with Crippen LogP contribution in [0.2, 0.25) is 0 Å². The van der Waals surface area contributed by atoms with Crippen molar-refractivity contribution in [3.8, 4) is 0 Å². The average Bonchev–Trinajstić information content (AvgIpc) is 2.53. The number of nitrogens with one attached hydrogen (secondary N) is 2.